The molecule has 0 amide bonds. The van der Waals surface area contributed by atoms with Gasteiger partial charge in [0.15, 0.2) is 0 Å². The van der Waals surface area contributed by atoms with E-state index < -0.39 is 18.2 Å². The number of carbonyl (C=O) groups excluding carboxylic acids is 1. The van der Waals surface area contributed by atoms with Gasteiger partial charge in [-0.15, -0.1) is 0 Å². The third-order valence-electron chi connectivity index (χ3n) is 2.11. The summed E-state index contributed by atoms with van der Waals surface area (Å²) in [5, 5.41) is 19.8. The van der Waals surface area contributed by atoms with E-state index in [1.165, 1.54) is 18.5 Å². The van der Waals surface area contributed by atoms with Crippen molar-refractivity contribution in [3.8, 4) is 0 Å². The van der Waals surface area contributed by atoms with E-state index in [0.29, 0.717) is 10.6 Å². The van der Waals surface area contributed by atoms with Gasteiger partial charge in [0.1, 0.15) is 6.10 Å². The molecule has 2 N–H and O–H groups in total. The summed E-state index contributed by atoms with van der Waals surface area (Å²) in [6.45, 7) is 1.90. The number of ether oxygens (including phenoxy) is 1. The minimum Gasteiger partial charge on any atom is -0.466 e. The lowest BCUT2D eigenvalue weighted by atomic mass is 10.0. The predicted molar refractivity (Wildman–Crippen MR) is 61.5 cm³/mol. The summed E-state index contributed by atoms with van der Waals surface area (Å²) < 4.78 is 4.67. The topological polar surface area (TPSA) is 79.7 Å². The zero-order chi connectivity index (χ0) is 12.8. The maximum absolute atomic E-state index is 11.1. The molecule has 2 unspecified atom stereocenters. The van der Waals surface area contributed by atoms with Crippen molar-refractivity contribution >= 4 is 17.6 Å². The first-order valence-corrected chi connectivity index (χ1v) is 5.54. The Labute approximate surface area is 104 Å². The summed E-state index contributed by atoms with van der Waals surface area (Å²) in [6, 6.07) is 1.48. The Kier molecular flexibility index (Phi) is 5.34. The second kappa shape index (κ2) is 6.54. The Morgan fingerprint density at radius 3 is 2.82 bits per heavy atom. The Morgan fingerprint density at radius 1 is 1.53 bits per heavy atom. The van der Waals surface area contributed by atoms with Gasteiger partial charge in [-0.05, 0) is 13.0 Å². The normalized spacial score (nSPS) is 14.1. The van der Waals surface area contributed by atoms with Crippen molar-refractivity contribution in [2.75, 3.05) is 6.61 Å². The van der Waals surface area contributed by atoms with Gasteiger partial charge in [0.2, 0.25) is 0 Å². The fourth-order valence-corrected chi connectivity index (χ4v) is 1.50. The van der Waals surface area contributed by atoms with Crippen LogP contribution in [0.25, 0.3) is 0 Å². The number of pyridine rings is 1. The minimum atomic E-state index is -1.24. The first kappa shape index (κ1) is 13.9. The van der Waals surface area contributed by atoms with E-state index in [9.17, 15) is 15.0 Å². The van der Waals surface area contributed by atoms with Gasteiger partial charge < -0.3 is 14.9 Å². The van der Waals surface area contributed by atoms with Gasteiger partial charge in [-0.2, -0.15) is 0 Å². The fraction of sp³-hybridized carbons (Fsp3) is 0.455. The first-order chi connectivity index (χ1) is 8.04. The Hall–Kier alpha value is -1.17. The molecule has 0 fully saturated rings. The van der Waals surface area contributed by atoms with E-state index in [2.05, 4.69) is 9.72 Å². The molecule has 0 aliphatic rings. The SMILES string of the molecule is CCOC(=O)CC(O)C(O)c1cncc(Cl)c1. The summed E-state index contributed by atoms with van der Waals surface area (Å²) in [6.07, 6.45) is 0.0574. The number of aliphatic hydroxyl groups excluding tert-OH is 2. The average molecular weight is 260 g/mol. The number of aliphatic hydroxyl groups is 2. The number of hydrogen-bond donors (Lipinski definition) is 2. The molecular weight excluding hydrogens is 246 g/mol. The molecule has 2 atom stereocenters. The summed E-state index contributed by atoms with van der Waals surface area (Å²) in [4.78, 5) is 14.9. The number of hydrogen-bond acceptors (Lipinski definition) is 5. The lowest BCUT2D eigenvalue weighted by Crippen LogP contribution is -2.23. The highest BCUT2D eigenvalue weighted by Crippen LogP contribution is 2.21. The summed E-state index contributed by atoms with van der Waals surface area (Å²) in [5.74, 6) is -0.561. The molecule has 1 rings (SSSR count). The van der Waals surface area contributed by atoms with Gasteiger partial charge in [0, 0.05) is 18.0 Å². The maximum atomic E-state index is 11.1. The molecule has 94 valence electrons. The number of esters is 1. The van der Waals surface area contributed by atoms with E-state index in [-0.39, 0.29) is 13.0 Å². The lowest BCUT2D eigenvalue weighted by molar-refractivity contribution is -0.147. The highest BCUT2D eigenvalue weighted by molar-refractivity contribution is 6.30. The van der Waals surface area contributed by atoms with Crippen LogP contribution < -0.4 is 0 Å². The van der Waals surface area contributed by atoms with Gasteiger partial charge in [-0.3, -0.25) is 9.78 Å². The molecule has 0 aliphatic heterocycles. The van der Waals surface area contributed by atoms with E-state index in [0.717, 1.165) is 0 Å². The van der Waals surface area contributed by atoms with Gasteiger partial charge in [-0.1, -0.05) is 11.6 Å². The second-order valence-electron chi connectivity index (χ2n) is 3.46. The molecule has 0 saturated carbocycles. The molecule has 1 heterocycles. The van der Waals surface area contributed by atoms with Crippen LogP contribution in [0.1, 0.15) is 25.0 Å². The first-order valence-electron chi connectivity index (χ1n) is 5.16. The van der Waals surface area contributed by atoms with Crippen molar-refractivity contribution in [2.45, 2.75) is 25.6 Å². The smallest absolute Gasteiger partial charge is 0.308 e. The zero-order valence-corrected chi connectivity index (χ0v) is 10.1. The lowest BCUT2D eigenvalue weighted by Gasteiger charge is -2.17. The van der Waals surface area contributed by atoms with Crippen molar-refractivity contribution in [3.05, 3.63) is 29.0 Å². The van der Waals surface area contributed by atoms with Crippen LogP contribution in [0.15, 0.2) is 18.5 Å². The van der Waals surface area contributed by atoms with E-state index in [4.69, 9.17) is 11.6 Å². The van der Waals surface area contributed by atoms with Crippen molar-refractivity contribution in [1.82, 2.24) is 4.98 Å². The third-order valence-corrected chi connectivity index (χ3v) is 2.32. The minimum absolute atomic E-state index is 0.236. The van der Waals surface area contributed by atoms with E-state index in [1.807, 2.05) is 0 Å². The number of halogens is 1. The summed E-state index contributed by atoms with van der Waals surface area (Å²) in [5.41, 5.74) is 0.356. The number of rotatable bonds is 5. The second-order valence-corrected chi connectivity index (χ2v) is 3.89. The molecule has 5 nitrogen and oxygen atoms in total. The standard InChI is InChI=1S/C11H14ClNO4/c1-2-17-10(15)4-9(14)11(16)7-3-8(12)6-13-5-7/h3,5-6,9,11,14,16H,2,4H2,1H3. The molecule has 0 bridgehead atoms. The zero-order valence-electron chi connectivity index (χ0n) is 9.34. The summed E-state index contributed by atoms with van der Waals surface area (Å²) >= 11 is 5.70. The monoisotopic (exact) mass is 259 g/mol. The molecule has 0 saturated heterocycles. The van der Waals surface area contributed by atoms with E-state index >= 15 is 0 Å². The van der Waals surface area contributed by atoms with Crippen molar-refractivity contribution in [1.29, 1.82) is 0 Å². The number of nitrogens with zero attached hydrogens (tertiary/aromatic N) is 1. The average Bonchev–Trinajstić information content (AvgIpc) is 2.28. The molecule has 0 aliphatic carbocycles. The van der Waals surface area contributed by atoms with Gasteiger partial charge in [0.25, 0.3) is 0 Å². The largest absolute Gasteiger partial charge is 0.466 e. The molecular formula is C11H14ClNO4. The fourth-order valence-electron chi connectivity index (χ4n) is 1.31. The number of carbonyl (C=O) groups is 1. The number of aromatic nitrogens is 1. The van der Waals surface area contributed by atoms with Gasteiger partial charge in [0.05, 0.1) is 24.2 Å². The van der Waals surface area contributed by atoms with Crippen LogP contribution >= 0.6 is 11.6 Å². The molecule has 1 aromatic rings. The molecule has 1 aromatic heterocycles. The maximum Gasteiger partial charge on any atom is 0.308 e. The van der Waals surface area contributed by atoms with Crippen LogP contribution in [-0.2, 0) is 9.53 Å². The van der Waals surface area contributed by atoms with Crippen LogP contribution in [0.5, 0.6) is 0 Å². The predicted octanol–water partition coefficient (Wildman–Crippen LogP) is 1.08. The molecule has 0 aromatic carbocycles. The van der Waals surface area contributed by atoms with Gasteiger partial charge >= 0.3 is 5.97 Å². The van der Waals surface area contributed by atoms with Crippen molar-refractivity contribution < 1.29 is 19.7 Å². The van der Waals surface area contributed by atoms with Crippen molar-refractivity contribution in [3.63, 3.8) is 0 Å². The highest BCUT2D eigenvalue weighted by atomic mass is 35.5. The van der Waals surface area contributed by atoms with Gasteiger partial charge in [-0.25, -0.2) is 0 Å². The highest BCUT2D eigenvalue weighted by Gasteiger charge is 2.22. The molecule has 0 radical (unpaired) electrons. The molecule has 0 spiro atoms. The Morgan fingerprint density at radius 2 is 2.24 bits per heavy atom. The van der Waals surface area contributed by atoms with Crippen LogP contribution in [0, 0.1) is 0 Å². The van der Waals surface area contributed by atoms with Crippen LogP contribution in [0.2, 0.25) is 5.02 Å². The van der Waals surface area contributed by atoms with E-state index in [1.54, 1.807) is 6.92 Å². The van der Waals surface area contributed by atoms with Crippen LogP contribution in [-0.4, -0.2) is 33.9 Å². The molecule has 6 heteroatoms. The Balaban J connectivity index is 2.63. The quantitative estimate of drug-likeness (QED) is 0.774. The third kappa shape index (κ3) is 4.30. The Bertz CT molecular complexity index is 385. The van der Waals surface area contributed by atoms with Crippen LogP contribution in [0.4, 0.5) is 0 Å². The summed E-state index contributed by atoms with van der Waals surface area (Å²) in [7, 11) is 0. The van der Waals surface area contributed by atoms with Crippen molar-refractivity contribution in [2.24, 2.45) is 0 Å². The molecule has 17 heavy (non-hydrogen) atoms. The van der Waals surface area contributed by atoms with Crippen LogP contribution in [0.3, 0.4) is 0 Å².